The van der Waals surface area contributed by atoms with Crippen LogP contribution in [0.4, 0.5) is 0 Å². The van der Waals surface area contributed by atoms with Crippen LogP contribution >= 0.6 is 11.6 Å². The molecule has 2 N–H and O–H groups in total. The van der Waals surface area contributed by atoms with Crippen LogP contribution < -0.4 is 0 Å². The van der Waals surface area contributed by atoms with Gasteiger partial charge in [-0.25, -0.2) is 0 Å². The second kappa shape index (κ2) is 3.69. The van der Waals surface area contributed by atoms with Gasteiger partial charge in [0.15, 0.2) is 0 Å². The summed E-state index contributed by atoms with van der Waals surface area (Å²) in [5.41, 5.74) is 0. The summed E-state index contributed by atoms with van der Waals surface area (Å²) in [6, 6.07) is 0. The van der Waals surface area contributed by atoms with Gasteiger partial charge in [0.05, 0.1) is 12.0 Å². The zero-order chi connectivity index (χ0) is 7.44. The number of carbonyl (C=O) groups is 1. The second-order valence-corrected chi connectivity index (χ2v) is 2.16. The van der Waals surface area contributed by atoms with E-state index in [1.807, 2.05) is 0 Å². The predicted octanol–water partition coefficient (Wildman–Crippen LogP) is 0.307. The molecule has 0 aromatic rings. The molecule has 54 valence electrons. The third kappa shape index (κ3) is 2.67. The van der Waals surface area contributed by atoms with Crippen molar-refractivity contribution in [3.63, 3.8) is 0 Å². The first-order valence-corrected chi connectivity index (χ1v) is 3.10. The lowest BCUT2D eigenvalue weighted by Gasteiger charge is -2.09. The molecule has 0 aliphatic carbocycles. The molecule has 1 unspecified atom stereocenters. The van der Waals surface area contributed by atoms with E-state index >= 15 is 0 Å². The average Bonchev–Trinajstić information content (AvgIpc) is 1.84. The van der Waals surface area contributed by atoms with Crippen LogP contribution in [0.5, 0.6) is 0 Å². The van der Waals surface area contributed by atoms with E-state index in [0.29, 0.717) is 0 Å². The Balaban J connectivity index is 3.72. The van der Waals surface area contributed by atoms with Crippen molar-refractivity contribution in [1.82, 2.24) is 0 Å². The van der Waals surface area contributed by atoms with Gasteiger partial charge in [0.2, 0.25) is 0 Å². The van der Waals surface area contributed by atoms with Gasteiger partial charge in [0.1, 0.15) is 0 Å². The minimum Gasteiger partial charge on any atom is -0.481 e. The molecule has 9 heavy (non-hydrogen) atoms. The Labute approximate surface area is 58.3 Å². The Morgan fingerprint density at radius 2 is 2.22 bits per heavy atom. The maximum atomic E-state index is 10.1. The van der Waals surface area contributed by atoms with E-state index in [4.69, 9.17) is 21.8 Å². The summed E-state index contributed by atoms with van der Waals surface area (Å²) in [6.07, 6.45) is -0.941. The Morgan fingerprint density at radius 3 is 2.33 bits per heavy atom. The first kappa shape index (κ1) is 8.72. The smallest absolute Gasteiger partial charge is 0.308 e. The SMILES string of the molecule is CC(C(=O)O)[C@H](O)CCl. The monoisotopic (exact) mass is 152 g/mol. The number of halogens is 1. The van der Waals surface area contributed by atoms with Crippen molar-refractivity contribution in [3.05, 3.63) is 0 Å². The largest absolute Gasteiger partial charge is 0.481 e. The lowest BCUT2D eigenvalue weighted by Crippen LogP contribution is -2.26. The number of aliphatic hydroxyl groups excluding tert-OH is 1. The fourth-order valence-corrected chi connectivity index (χ4v) is 0.565. The number of hydrogen-bond acceptors (Lipinski definition) is 2. The molecular formula is C5H9ClO3. The molecule has 0 aromatic heterocycles. The highest BCUT2D eigenvalue weighted by Crippen LogP contribution is 2.03. The summed E-state index contributed by atoms with van der Waals surface area (Å²) >= 11 is 5.18. The molecule has 0 bridgehead atoms. The Hall–Kier alpha value is -0.280. The van der Waals surface area contributed by atoms with Crippen LogP contribution in [-0.2, 0) is 4.79 Å². The minimum absolute atomic E-state index is 0.0343. The van der Waals surface area contributed by atoms with Gasteiger partial charge in [0, 0.05) is 5.88 Å². The Morgan fingerprint density at radius 1 is 1.78 bits per heavy atom. The molecule has 0 saturated heterocycles. The summed E-state index contributed by atoms with van der Waals surface area (Å²) < 4.78 is 0. The number of hydrogen-bond donors (Lipinski definition) is 2. The maximum Gasteiger partial charge on any atom is 0.308 e. The van der Waals surface area contributed by atoms with Crippen LogP contribution in [0.2, 0.25) is 0 Å². The molecule has 0 saturated carbocycles. The van der Waals surface area contributed by atoms with E-state index < -0.39 is 18.0 Å². The van der Waals surface area contributed by atoms with Crippen molar-refractivity contribution in [2.24, 2.45) is 5.92 Å². The minimum atomic E-state index is -1.02. The maximum absolute atomic E-state index is 10.1. The van der Waals surface area contributed by atoms with E-state index in [9.17, 15) is 4.79 Å². The molecule has 0 fully saturated rings. The van der Waals surface area contributed by atoms with Gasteiger partial charge in [-0.15, -0.1) is 11.6 Å². The number of rotatable bonds is 3. The van der Waals surface area contributed by atoms with Crippen LogP contribution in [0, 0.1) is 5.92 Å². The summed E-state index contributed by atoms with van der Waals surface area (Å²) in [6.45, 7) is 1.41. The molecular weight excluding hydrogens is 144 g/mol. The number of alkyl halides is 1. The molecule has 0 spiro atoms. The molecule has 2 atom stereocenters. The van der Waals surface area contributed by atoms with Gasteiger partial charge < -0.3 is 10.2 Å². The normalized spacial score (nSPS) is 16.8. The average molecular weight is 153 g/mol. The van der Waals surface area contributed by atoms with E-state index in [2.05, 4.69) is 0 Å². The Bertz CT molecular complexity index is 104. The summed E-state index contributed by atoms with van der Waals surface area (Å²) in [7, 11) is 0. The highest BCUT2D eigenvalue weighted by molar-refractivity contribution is 6.18. The summed E-state index contributed by atoms with van der Waals surface area (Å²) in [5, 5.41) is 17.0. The molecule has 3 nitrogen and oxygen atoms in total. The van der Waals surface area contributed by atoms with Crippen molar-refractivity contribution in [1.29, 1.82) is 0 Å². The fraction of sp³-hybridized carbons (Fsp3) is 0.800. The first-order valence-electron chi connectivity index (χ1n) is 2.56. The lowest BCUT2D eigenvalue weighted by atomic mass is 10.1. The van der Waals surface area contributed by atoms with Crippen LogP contribution in [0.15, 0.2) is 0 Å². The summed E-state index contributed by atoms with van der Waals surface area (Å²) in [4.78, 5) is 10.1. The standard InChI is InChI=1S/C5H9ClO3/c1-3(5(8)9)4(7)2-6/h3-4,7H,2H2,1H3,(H,8,9)/t3?,4-/m1/s1. The van der Waals surface area contributed by atoms with Gasteiger partial charge in [-0.3, -0.25) is 4.79 Å². The predicted molar refractivity (Wildman–Crippen MR) is 33.5 cm³/mol. The number of carboxylic acids is 1. The van der Waals surface area contributed by atoms with Crippen LogP contribution in [0.1, 0.15) is 6.92 Å². The zero-order valence-electron chi connectivity index (χ0n) is 5.04. The van der Waals surface area contributed by atoms with E-state index in [-0.39, 0.29) is 5.88 Å². The van der Waals surface area contributed by atoms with Crippen LogP contribution in [-0.4, -0.2) is 28.2 Å². The van der Waals surface area contributed by atoms with Crippen molar-refractivity contribution in [3.8, 4) is 0 Å². The van der Waals surface area contributed by atoms with Gasteiger partial charge in [-0.1, -0.05) is 0 Å². The number of aliphatic hydroxyl groups is 1. The second-order valence-electron chi connectivity index (χ2n) is 1.85. The molecule has 0 aliphatic rings. The molecule has 0 aromatic carbocycles. The summed E-state index contributed by atoms with van der Waals surface area (Å²) in [5.74, 6) is -1.83. The van der Waals surface area contributed by atoms with Crippen molar-refractivity contribution < 1.29 is 15.0 Å². The third-order valence-electron chi connectivity index (χ3n) is 1.12. The van der Waals surface area contributed by atoms with Crippen LogP contribution in [0.25, 0.3) is 0 Å². The highest BCUT2D eigenvalue weighted by atomic mass is 35.5. The number of aliphatic carboxylic acids is 1. The molecule has 0 amide bonds. The lowest BCUT2D eigenvalue weighted by molar-refractivity contribution is -0.144. The quantitative estimate of drug-likeness (QED) is 0.573. The number of carboxylic acid groups (broad SMARTS) is 1. The highest BCUT2D eigenvalue weighted by Gasteiger charge is 2.19. The van der Waals surface area contributed by atoms with E-state index in [0.717, 1.165) is 0 Å². The zero-order valence-corrected chi connectivity index (χ0v) is 5.80. The van der Waals surface area contributed by atoms with E-state index in [1.54, 1.807) is 0 Å². The molecule has 0 rings (SSSR count). The van der Waals surface area contributed by atoms with Crippen molar-refractivity contribution in [2.45, 2.75) is 13.0 Å². The van der Waals surface area contributed by atoms with Gasteiger partial charge in [-0.05, 0) is 6.92 Å². The van der Waals surface area contributed by atoms with E-state index in [1.165, 1.54) is 6.92 Å². The topological polar surface area (TPSA) is 57.5 Å². The van der Waals surface area contributed by atoms with Crippen molar-refractivity contribution >= 4 is 17.6 Å². The first-order chi connectivity index (χ1) is 4.09. The van der Waals surface area contributed by atoms with Crippen LogP contribution in [0.3, 0.4) is 0 Å². The van der Waals surface area contributed by atoms with Gasteiger partial charge in [-0.2, -0.15) is 0 Å². The Kier molecular flexibility index (Phi) is 3.58. The molecule has 4 heteroatoms. The fourth-order valence-electron chi connectivity index (χ4n) is 0.298. The molecule has 0 heterocycles. The third-order valence-corrected chi connectivity index (χ3v) is 1.44. The van der Waals surface area contributed by atoms with Gasteiger partial charge >= 0.3 is 5.97 Å². The van der Waals surface area contributed by atoms with Gasteiger partial charge in [0.25, 0.3) is 0 Å². The molecule has 0 radical (unpaired) electrons. The van der Waals surface area contributed by atoms with Crippen molar-refractivity contribution in [2.75, 3.05) is 5.88 Å². The molecule has 0 aliphatic heterocycles.